The van der Waals surface area contributed by atoms with Crippen LogP contribution < -0.4 is 5.32 Å². The molecule has 1 saturated heterocycles. The Hall–Kier alpha value is -2.29. The van der Waals surface area contributed by atoms with Gasteiger partial charge in [-0.15, -0.1) is 11.3 Å². The first-order valence-electron chi connectivity index (χ1n) is 10.9. The van der Waals surface area contributed by atoms with E-state index in [0.717, 1.165) is 47.5 Å². The molecule has 4 rings (SSSR count). The van der Waals surface area contributed by atoms with E-state index in [0.29, 0.717) is 12.6 Å². The van der Waals surface area contributed by atoms with Gasteiger partial charge in [0.05, 0.1) is 18.0 Å². The number of morpholine rings is 1. The summed E-state index contributed by atoms with van der Waals surface area (Å²) in [5.74, 6) is 0. The molecule has 1 aliphatic rings. The fourth-order valence-corrected chi connectivity index (χ4v) is 4.83. The number of nitrogens with one attached hydrogen (secondary N) is 1. The molecule has 1 N–H and O–H groups in total. The van der Waals surface area contributed by atoms with Crippen LogP contribution in [0.3, 0.4) is 0 Å². The van der Waals surface area contributed by atoms with Crippen LogP contribution in [0.2, 0.25) is 0 Å². The van der Waals surface area contributed by atoms with Gasteiger partial charge in [-0.05, 0) is 53.7 Å². The number of hydrogen-bond donors (Lipinski definition) is 1. The summed E-state index contributed by atoms with van der Waals surface area (Å²) in [5.41, 5.74) is 6.64. The highest BCUT2D eigenvalue weighted by Crippen LogP contribution is 2.28. The smallest absolute Gasteiger partial charge is 0.187 e. The van der Waals surface area contributed by atoms with Crippen LogP contribution in [0.5, 0.6) is 0 Å². The van der Waals surface area contributed by atoms with Crippen molar-refractivity contribution in [1.82, 2.24) is 24.6 Å². The molecule has 0 unspecified atom stereocenters. The van der Waals surface area contributed by atoms with Crippen LogP contribution in [-0.4, -0.2) is 44.3 Å². The number of pyridine rings is 1. The second-order valence-electron chi connectivity index (χ2n) is 8.61. The molecule has 1 aliphatic heterocycles. The molecule has 0 aliphatic carbocycles. The molecule has 0 amide bonds. The molecule has 31 heavy (non-hydrogen) atoms. The Morgan fingerprint density at radius 1 is 1.23 bits per heavy atom. The minimum atomic E-state index is -0.0482. The first-order valence-corrected chi connectivity index (χ1v) is 11.7. The number of aryl methyl sites for hydroxylation is 3. The number of anilines is 2. The molecule has 8 heteroatoms. The highest BCUT2D eigenvalue weighted by molar-refractivity contribution is 7.15. The van der Waals surface area contributed by atoms with Crippen LogP contribution in [0.15, 0.2) is 18.3 Å². The maximum absolute atomic E-state index is 6.13. The molecule has 0 bridgehead atoms. The quantitative estimate of drug-likeness (QED) is 0.590. The van der Waals surface area contributed by atoms with E-state index >= 15 is 0 Å². The molecule has 3 aromatic rings. The van der Waals surface area contributed by atoms with Gasteiger partial charge in [0, 0.05) is 59.4 Å². The van der Waals surface area contributed by atoms with Gasteiger partial charge in [-0.1, -0.05) is 0 Å². The summed E-state index contributed by atoms with van der Waals surface area (Å²) in [7, 11) is 0. The van der Waals surface area contributed by atoms with Crippen molar-refractivity contribution in [3.8, 4) is 0 Å². The third-order valence-electron chi connectivity index (χ3n) is 5.67. The number of ether oxygens (including phenoxy) is 1. The molecule has 0 aromatic carbocycles. The lowest BCUT2D eigenvalue weighted by atomic mass is 10.1. The molecule has 0 radical (unpaired) electrons. The van der Waals surface area contributed by atoms with Crippen molar-refractivity contribution in [3.63, 3.8) is 0 Å². The van der Waals surface area contributed by atoms with E-state index in [9.17, 15) is 0 Å². The molecular formula is C23H32N6OS. The zero-order valence-electron chi connectivity index (χ0n) is 19.3. The summed E-state index contributed by atoms with van der Waals surface area (Å²) in [4.78, 5) is 12.8. The fraction of sp³-hybridized carbons (Fsp3) is 0.522. The van der Waals surface area contributed by atoms with Crippen molar-refractivity contribution in [1.29, 1.82) is 0 Å². The van der Waals surface area contributed by atoms with E-state index < -0.39 is 0 Å². The number of rotatable bonds is 6. The third-order valence-corrected chi connectivity index (χ3v) is 6.50. The Morgan fingerprint density at radius 2 is 2.03 bits per heavy atom. The first kappa shape index (κ1) is 21.9. The standard InChI is InChI=1S/C23H32N6OS/c1-14(2)29-18(6)20(17(5)27-29)12-28-7-8-30-22(13-28)21-10-19(9-15(3)25-21)26-23-24-11-16(4)31-23/h9-11,14,22H,7-8,12-13H2,1-6H3,(H,24,25,26)/t22-/m1/s1. The lowest BCUT2D eigenvalue weighted by Crippen LogP contribution is -2.38. The lowest BCUT2D eigenvalue weighted by Gasteiger charge is -2.33. The van der Waals surface area contributed by atoms with Crippen molar-refractivity contribution in [2.24, 2.45) is 0 Å². The molecule has 1 atom stereocenters. The largest absolute Gasteiger partial charge is 0.369 e. The van der Waals surface area contributed by atoms with Gasteiger partial charge in [-0.3, -0.25) is 14.6 Å². The predicted octanol–water partition coefficient (Wildman–Crippen LogP) is 4.87. The highest BCUT2D eigenvalue weighted by Gasteiger charge is 2.25. The highest BCUT2D eigenvalue weighted by atomic mass is 32.1. The maximum Gasteiger partial charge on any atom is 0.187 e. The number of thiazole rings is 1. The van der Waals surface area contributed by atoms with Gasteiger partial charge in [-0.2, -0.15) is 5.10 Å². The molecule has 7 nitrogen and oxygen atoms in total. The molecule has 0 spiro atoms. The molecular weight excluding hydrogens is 408 g/mol. The van der Waals surface area contributed by atoms with Gasteiger partial charge >= 0.3 is 0 Å². The van der Waals surface area contributed by atoms with Crippen LogP contribution in [0.1, 0.15) is 59.2 Å². The summed E-state index contributed by atoms with van der Waals surface area (Å²) < 4.78 is 8.26. The van der Waals surface area contributed by atoms with E-state index in [4.69, 9.17) is 14.8 Å². The van der Waals surface area contributed by atoms with E-state index in [2.05, 4.69) is 60.6 Å². The van der Waals surface area contributed by atoms with Gasteiger partial charge in [0.15, 0.2) is 5.13 Å². The van der Waals surface area contributed by atoms with Crippen molar-refractivity contribution >= 4 is 22.2 Å². The Labute approximate surface area is 188 Å². The normalized spacial score (nSPS) is 17.5. The SMILES string of the molecule is Cc1cc(Nc2ncc(C)s2)cc([C@H]2CN(Cc3c(C)nn(C(C)C)c3C)CCO2)n1. The molecule has 0 saturated carbocycles. The van der Waals surface area contributed by atoms with Crippen LogP contribution in [0.4, 0.5) is 10.8 Å². The third kappa shape index (κ3) is 4.97. The number of aromatic nitrogens is 4. The minimum Gasteiger partial charge on any atom is -0.369 e. The monoisotopic (exact) mass is 440 g/mol. The topological polar surface area (TPSA) is 68.1 Å². The van der Waals surface area contributed by atoms with E-state index in [-0.39, 0.29) is 6.10 Å². The average Bonchev–Trinajstić information content (AvgIpc) is 3.25. The Balaban J connectivity index is 1.50. The summed E-state index contributed by atoms with van der Waals surface area (Å²) in [6.07, 6.45) is 1.84. The lowest BCUT2D eigenvalue weighted by molar-refractivity contribution is -0.0351. The van der Waals surface area contributed by atoms with E-state index in [1.807, 2.05) is 19.2 Å². The minimum absolute atomic E-state index is 0.0482. The van der Waals surface area contributed by atoms with Crippen molar-refractivity contribution in [2.75, 3.05) is 25.0 Å². The molecule has 3 aromatic heterocycles. The zero-order chi connectivity index (χ0) is 22.1. The van der Waals surface area contributed by atoms with Gasteiger partial charge in [-0.25, -0.2) is 4.98 Å². The Morgan fingerprint density at radius 3 is 2.71 bits per heavy atom. The number of hydrogen-bond acceptors (Lipinski definition) is 7. The average molecular weight is 441 g/mol. The van der Waals surface area contributed by atoms with Gasteiger partial charge in [0.25, 0.3) is 0 Å². The Kier molecular flexibility index (Phi) is 6.41. The van der Waals surface area contributed by atoms with E-state index in [1.54, 1.807) is 11.3 Å². The van der Waals surface area contributed by atoms with Crippen molar-refractivity contribution < 1.29 is 4.74 Å². The van der Waals surface area contributed by atoms with E-state index in [1.165, 1.54) is 16.1 Å². The Bertz CT molecular complexity index is 1060. The second-order valence-corrected chi connectivity index (χ2v) is 9.84. The second kappa shape index (κ2) is 9.06. The zero-order valence-corrected chi connectivity index (χ0v) is 20.1. The summed E-state index contributed by atoms with van der Waals surface area (Å²) >= 11 is 1.65. The van der Waals surface area contributed by atoms with Crippen LogP contribution >= 0.6 is 11.3 Å². The van der Waals surface area contributed by atoms with Gasteiger partial charge < -0.3 is 10.1 Å². The molecule has 166 valence electrons. The van der Waals surface area contributed by atoms with Crippen LogP contribution in [0.25, 0.3) is 0 Å². The summed E-state index contributed by atoms with van der Waals surface area (Å²) in [5, 5.41) is 9.06. The van der Waals surface area contributed by atoms with Crippen molar-refractivity contribution in [3.05, 3.63) is 51.5 Å². The molecule has 1 fully saturated rings. The van der Waals surface area contributed by atoms with Crippen LogP contribution in [-0.2, 0) is 11.3 Å². The molecule has 4 heterocycles. The number of nitrogens with zero attached hydrogens (tertiary/aromatic N) is 5. The first-order chi connectivity index (χ1) is 14.8. The van der Waals surface area contributed by atoms with Crippen LogP contribution in [0, 0.1) is 27.7 Å². The summed E-state index contributed by atoms with van der Waals surface area (Å²) in [6.45, 7) is 16.0. The summed E-state index contributed by atoms with van der Waals surface area (Å²) in [6, 6.07) is 4.51. The van der Waals surface area contributed by atoms with Gasteiger partial charge in [0.1, 0.15) is 6.10 Å². The fourth-order valence-electron chi connectivity index (χ4n) is 4.14. The van der Waals surface area contributed by atoms with Crippen molar-refractivity contribution in [2.45, 2.75) is 60.2 Å². The van der Waals surface area contributed by atoms with Gasteiger partial charge in [0.2, 0.25) is 0 Å². The predicted molar refractivity (Wildman–Crippen MR) is 125 cm³/mol. The maximum atomic E-state index is 6.13.